The zero-order valence-electron chi connectivity index (χ0n) is 17.7. The first-order valence-corrected chi connectivity index (χ1v) is 10.8. The first-order valence-electron chi connectivity index (χ1n) is 10.8. The lowest BCUT2D eigenvalue weighted by molar-refractivity contribution is -0.123. The number of carbonyl (C=O) groups is 2. The number of carbonyl (C=O) groups excluding carboxylic acids is 2. The van der Waals surface area contributed by atoms with Crippen molar-refractivity contribution >= 4 is 17.5 Å². The molecule has 0 aliphatic heterocycles. The standard InChI is InChI=1S/C25H27N3O3/c1-2-18-9-11-21(12-10-18)28(25(30)22-8-5-17-31-22)23(19-13-15-26-16-14-19)24(29)27-20-6-3-4-7-20/h5,8-17,20,23H,2-4,6-7H2,1H3,(H,27,29)/t23-/m0/s1. The minimum Gasteiger partial charge on any atom is -0.459 e. The number of aromatic nitrogens is 1. The summed E-state index contributed by atoms with van der Waals surface area (Å²) in [6.45, 7) is 2.08. The average molecular weight is 418 g/mol. The van der Waals surface area contributed by atoms with Crippen molar-refractivity contribution in [3.05, 3.63) is 84.1 Å². The Kier molecular flexibility index (Phi) is 6.46. The molecule has 1 N–H and O–H groups in total. The third-order valence-corrected chi connectivity index (χ3v) is 5.80. The fourth-order valence-electron chi connectivity index (χ4n) is 4.11. The molecule has 4 rings (SSSR count). The number of rotatable bonds is 7. The monoisotopic (exact) mass is 417 g/mol. The second-order valence-electron chi connectivity index (χ2n) is 7.85. The molecule has 1 fully saturated rings. The molecule has 1 aliphatic rings. The molecule has 2 aromatic heterocycles. The van der Waals surface area contributed by atoms with Gasteiger partial charge in [0.05, 0.1) is 6.26 Å². The molecule has 1 atom stereocenters. The lowest BCUT2D eigenvalue weighted by atomic mass is 10.0. The summed E-state index contributed by atoms with van der Waals surface area (Å²) in [5, 5.41) is 3.17. The van der Waals surface area contributed by atoms with Crippen LogP contribution in [-0.2, 0) is 11.2 Å². The van der Waals surface area contributed by atoms with E-state index in [9.17, 15) is 9.59 Å². The summed E-state index contributed by atoms with van der Waals surface area (Å²) >= 11 is 0. The first-order chi connectivity index (χ1) is 15.2. The van der Waals surface area contributed by atoms with E-state index in [4.69, 9.17) is 4.42 Å². The van der Waals surface area contributed by atoms with Gasteiger partial charge >= 0.3 is 0 Å². The van der Waals surface area contributed by atoms with Crippen LogP contribution in [0, 0.1) is 0 Å². The van der Waals surface area contributed by atoms with Crippen molar-refractivity contribution in [2.45, 2.75) is 51.1 Å². The van der Waals surface area contributed by atoms with Gasteiger partial charge in [0.15, 0.2) is 5.76 Å². The van der Waals surface area contributed by atoms with Crippen LogP contribution in [0.2, 0.25) is 0 Å². The highest BCUT2D eigenvalue weighted by Gasteiger charge is 2.35. The van der Waals surface area contributed by atoms with Gasteiger partial charge in [-0.2, -0.15) is 0 Å². The number of anilines is 1. The van der Waals surface area contributed by atoms with Crippen LogP contribution in [0.5, 0.6) is 0 Å². The molecule has 0 spiro atoms. The van der Waals surface area contributed by atoms with Crippen LogP contribution >= 0.6 is 0 Å². The number of pyridine rings is 1. The molecular formula is C25H27N3O3. The minimum atomic E-state index is -0.839. The fourth-order valence-corrected chi connectivity index (χ4v) is 4.11. The molecule has 6 nitrogen and oxygen atoms in total. The molecule has 0 bridgehead atoms. The average Bonchev–Trinajstić information content (AvgIpc) is 3.52. The van der Waals surface area contributed by atoms with E-state index in [1.807, 2.05) is 24.3 Å². The number of nitrogens with one attached hydrogen (secondary N) is 1. The van der Waals surface area contributed by atoms with E-state index in [0.717, 1.165) is 37.7 Å². The summed E-state index contributed by atoms with van der Waals surface area (Å²) in [5.74, 6) is -0.373. The second kappa shape index (κ2) is 9.60. The zero-order chi connectivity index (χ0) is 21.6. The molecule has 2 heterocycles. The molecule has 1 aromatic carbocycles. The summed E-state index contributed by atoms with van der Waals surface area (Å²) < 4.78 is 5.41. The normalized spacial score (nSPS) is 14.9. The Morgan fingerprint density at radius 3 is 2.42 bits per heavy atom. The molecule has 160 valence electrons. The lowest BCUT2D eigenvalue weighted by Gasteiger charge is -2.31. The van der Waals surface area contributed by atoms with Crippen molar-refractivity contribution in [1.82, 2.24) is 10.3 Å². The Morgan fingerprint density at radius 2 is 1.81 bits per heavy atom. The molecule has 0 unspecified atom stereocenters. The van der Waals surface area contributed by atoms with Gasteiger partial charge in [0, 0.05) is 24.1 Å². The third-order valence-electron chi connectivity index (χ3n) is 5.80. The van der Waals surface area contributed by atoms with Crippen LogP contribution < -0.4 is 10.2 Å². The molecule has 1 saturated carbocycles. The summed E-state index contributed by atoms with van der Waals surface area (Å²) in [5.41, 5.74) is 2.50. The topological polar surface area (TPSA) is 75.4 Å². The van der Waals surface area contributed by atoms with Crippen molar-refractivity contribution in [3.8, 4) is 0 Å². The number of benzene rings is 1. The van der Waals surface area contributed by atoms with Gasteiger partial charge in [0.25, 0.3) is 5.91 Å². The minimum absolute atomic E-state index is 0.139. The van der Waals surface area contributed by atoms with Crippen LogP contribution in [-0.4, -0.2) is 22.8 Å². The Hall–Kier alpha value is -3.41. The molecular weight excluding hydrogens is 390 g/mol. The van der Waals surface area contributed by atoms with E-state index in [1.54, 1.807) is 36.7 Å². The Morgan fingerprint density at radius 1 is 1.10 bits per heavy atom. The zero-order valence-corrected chi connectivity index (χ0v) is 17.7. The van der Waals surface area contributed by atoms with E-state index in [-0.39, 0.29) is 23.6 Å². The molecule has 3 aromatic rings. The van der Waals surface area contributed by atoms with Crippen LogP contribution in [0.25, 0.3) is 0 Å². The number of nitrogens with zero attached hydrogens (tertiary/aromatic N) is 2. The quantitative estimate of drug-likeness (QED) is 0.605. The van der Waals surface area contributed by atoms with E-state index in [0.29, 0.717) is 11.3 Å². The summed E-state index contributed by atoms with van der Waals surface area (Å²) in [6.07, 6.45) is 9.78. The predicted molar refractivity (Wildman–Crippen MR) is 119 cm³/mol. The second-order valence-corrected chi connectivity index (χ2v) is 7.85. The van der Waals surface area contributed by atoms with Crippen molar-refractivity contribution < 1.29 is 14.0 Å². The van der Waals surface area contributed by atoms with Crippen LogP contribution in [0.1, 0.15) is 60.3 Å². The van der Waals surface area contributed by atoms with Crippen LogP contribution in [0.4, 0.5) is 5.69 Å². The molecule has 0 saturated heterocycles. The molecule has 2 amide bonds. The SMILES string of the molecule is CCc1ccc(N(C(=O)c2ccco2)[C@H](C(=O)NC2CCCC2)c2ccncc2)cc1. The van der Waals surface area contributed by atoms with Gasteiger partial charge in [-0.15, -0.1) is 0 Å². The summed E-state index contributed by atoms with van der Waals surface area (Å²) in [7, 11) is 0. The molecule has 6 heteroatoms. The maximum atomic E-state index is 13.6. The van der Waals surface area contributed by atoms with E-state index in [2.05, 4.69) is 17.2 Å². The summed E-state index contributed by atoms with van der Waals surface area (Å²) in [6, 6.07) is 13.9. The molecule has 31 heavy (non-hydrogen) atoms. The number of furan rings is 1. The Labute approximate surface area is 182 Å². The Bertz CT molecular complexity index is 994. The lowest BCUT2D eigenvalue weighted by Crippen LogP contribution is -2.46. The van der Waals surface area contributed by atoms with Crippen molar-refractivity contribution in [1.29, 1.82) is 0 Å². The number of hydrogen-bond donors (Lipinski definition) is 1. The largest absolute Gasteiger partial charge is 0.459 e. The highest BCUT2D eigenvalue weighted by atomic mass is 16.3. The molecule has 1 aliphatic carbocycles. The van der Waals surface area contributed by atoms with Gasteiger partial charge in [-0.25, -0.2) is 0 Å². The van der Waals surface area contributed by atoms with Gasteiger partial charge < -0.3 is 9.73 Å². The van der Waals surface area contributed by atoms with Gasteiger partial charge in [-0.05, 0) is 66.8 Å². The van der Waals surface area contributed by atoms with E-state index in [1.165, 1.54) is 11.2 Å². The maximum absolute atomic E-state index is 13.6. The van der Waals surface area contributed by atoms with E-state index >= 15 is 0 Å². The van der Waals surface area contributed by atoms with Gasteiger partial charge in [-0.3, -0.25) is 19.5 Å². The number of aryl methyl sites for hydroxylation is 1. The number of hydrogen-bond acceptors (Lipinski definition) is 4. The highest BCUT2D eigenvalue weighted by molar-refractivity contribution is 6.08. The van der Waals surface area contributed by atoms with E-state index < -0.39 is 6.04 Å². The van der Waals surface area contributed by atoms with Gasteiger partial charge in [-0.1, -0.05) is 31.9 Å². The maximum Gasteiger partial charge on any atom is 0.294 e. The van der Waals surface area contributed by atoms with Gasteiger partial charge in [0.1, 0.15) is 6.04 Å². The van der Waals surface area contributed by atoms with Crippen molar-refractivity contribution in [2.75, 3.05) is 4.90 Å². The Balaban J connectivity index is 1.77. The summed E-state index contributed by atoms with van der Waals surface area (Å²) in [4.78, 5) is 32.7. The highest BCUT2D eigenvalue weighted by Crippen LogP contribution is 2.31. The first kappa shape index (κ1) is 20.8. The van der Waals surface area contributed by atoms with Crippen LogP contribution in [0.15, 0.2) is 71.6 Å². The number of amides is 2. The van der Waals surface area contributed by atoms with Crippen molar-refractivity contribution in [2.24, 2.45) is 0 Å². The molecule has 0 radical (unpaired) electrons. The fraction of sp³-hybridized carbons (Fsp3) is 0.320. The van der Waals surface area contributed by atoms with Gasteiger partial charge in [0.2, 0.25) is 5.91 Å². The van der Waals surface area contributed by atoms with Crippen LogP contribution in [0.3, 0.4) is 0 Å². The third kappa shape index (κ3) is 4.68. The predicted octanol–water partition coefficient (Wildman–Crippen LogP) is 4.68. The smallest absolute Gasteiger partial charge is 0.294 e. The van der Waals surface area contributed by atoms with Crippen molar-refractivity contribution in [3.63, 3.8) is 0 Å².